The van der Waals surface area contributed by atoms with Gasteiger partial charge in [-0.15, -0.1) is 0 Å². The summed E-state index contributed by atoms with van der Waals surface area (Å²) in [4.78, 5) is 31.9. The highest BCUT2D eigenvalue weighted by Crippen LogP contribution is 2.42. The van der Waals surface area contributed by atoms with Crippen molar-refractivity contribution in [2.75, 3.05) is 43.1 Å². The minimum Gasteiger partial charge on any atom is -0.496 e. The van der Waals surface area contributed by atoms with E-state index in [9.17, 15) is 9.59 Å². The van der Waals surface area contributed by atoms with Crippen molar-refractivity contribution in [2.24, 2.45) is 0 Å². The zero-order valence-corrected chi connectivity index (χ0v) is 24.8. The van der Waals surface area contributed by atoms with Crippen LogP contribution in [0.15, 0.2) is 87.1 Å². The molecular weight excluding hydrogens is 574 g/mol. The number of thioether (sulfide) groups is 1. The number of nitrogens with one attached hydrogen (secondary N) is 1. The summed E-state index contributed by atoms with van der Waals surface area (Å²) in [6.07, 6.45) is 4.93. The molecule has 3 aromatic rings. The van der Waals surface area contributed by atoms with Gasteiger partial charge in [0.2, 0.25) is 5.91 Å². The number of anilines is 2. The van der Waals surface area contributed by atoms with Crippen molar-refractivity contribution >= 4 is 57.0 Å². The summed E-state index contributed by atoms with van der Waals surface area (Å²) in [6, 6.07) is 23.8. The number of carbonyl (C=O) groups excluding carboxylic acids is 2. The fourth-order valence-electron chi connectivity index (χ4n) is 4.40. The lowest BCUT2D eigenvalue weighted by atomic mass is 10.2. The first-order chi connectivity index (χ1) is 19.0. The molecule has 204 valence electrons. The van der Waals surface area contributed by atoms with E-state index in [-0.39, 0.29) is 18.4 Å². The van der Waals surface area contributed by atoms with Crippen molar-refractivity contribution in [1.82, 2.24) is 5.32 Å². The molecule has 8 heteroatoms. The van der Waals surface area contributed by atoms with Gasteiger partial charge in [0.05, 0.1) is 22.2 Å². The second-order valence-corrected chi connectivity index (χ2v) is 11.2. The minimum absolute atomic E-state index is 0.0295. The molecule has 2 amide bonds. The number of unbranched alkanes of at least 4 members (excludes halogenated alkanes) is 1. The first-order valence-corrected chi connectivity index (χ1v) is 14.8. The molecule has 4 rings (SSSR count). The molecule has 1 aliphatic heterocycles. The molecule has 0 aromatic heterocycles. The number of halogens is 1. The first kappa shape index (κ1) is 28.8. The Morgan fingerprint density at radius 2 is 1.79 bits per heavy atom. The Morgan fingerprint density at radius 3 is 2.54 bits per heavy atom. The van der Waals surface area contributed by atoms with Crippen LogP contribution in [-0.2, 0) is 9.59 Å². The number of hydrogen-bond acceptors (Lipinski definition) is 5. The summed E-state index contributed by atoms with van der Waals surface area (Å²) in [6.45, 7) is 4.56. The van der Waals surface area contributed by atoms with E-state index in [0.717, 1.165) is 58.7 Å². The summed E-state index contributed by atoms with van der Waals surface area (Å²) in [7, 11) is 1.62. The summed E-state index contributed by atoms with van der Waals surface area (Å²) in [5.74, 6) is 0.368. The van der Waals surface area contributed by atoms with Crippen LogP contribution in [0.3, 0.4) is 0 Å². The fourth-order valence-corrected chi connectivity index (χ4v) is 6.02. The molecule has 1 aliphatic rings. The van der Waals surface area contributed by atoms with Crippen LogP contribution in [0.25, 0.3) is 6.08 Å². The van der Waals surface area contributed by atoms with Crippen molar-refractivity contribution in [2.45, 2.75) is 31.1 Å². The van der Waals surface area contributed by atoms with Gasteiger partial charge in [-0.05, 0) is 76.8 Å². The Labute approximate surface area is 243 Å². The molecule has 6 nitrogen and oxygen atoms in total. The fraction of sp³-hybridized carbons (Fsp3) is 0.290. The van der Waals surface area contributed by atoms with Crippen molar-refractivity contribution in [3.05, 3.63) is 87.7 Å². The molecule has 0 fully saturated rings. The van der Waals surface area contributed by atoms with Gasteiger partial charge in [-0.25, -0.2) is 0 Å². The number of carbonyl (C=O) groups is 2. The van der Waals surface area contributed by atoms with Crippen LogP contribution >= 0.6 is 27.7 Å². The normalized spacial score (nSPS) is 13.8. The van der Waals surface area contributed by atoms with E-state index in [1.54, 1.807) is 12.0 Å². The maximum absolute atomic E-state index is 13.5. The highest BCUT2D eigenvalue weighted by atomic mass is 79.9. The van der Waals surface area contributed by atoms with E-state index in [1.165, 1.54) is 17.4 Å². The van der Waals surface area contributed by atoms with Crippen LogP contribution in [0.1, 0.15) is 31.7 Å². The highest BCUT2D eigenvalue weighted by molar-refractivity contribution is 9.10. The molecule has 0 bridgehead atoms. The van der Waals surface area contributed by atoms with Crippen LogP contribution in [-0.4, -0.2) is 45.1 Å². The average molecular weight is 609 g/mol. The summed E-state index contributed by atoms with van der Waals surface area (Å²) in [5, 5.41) is 3.02. The van der Waals surface area contributed by atoms with Crippen LogP contribution in [0, 0.1) is 0 Å². The van der Waals surface area contributed by atoms with Gasteiger partial charge in [-0.3, -0.25) is 14.5 Å². The molecule has 1 N–H and O–H groups in total. The standard InChI is InChI=1S/C31H34BrN3O3S/c1-3-4-18-34(24-11-6-5-7-12-24)19-10-17-33-30(36)22-35-26-13-8-9-14-28(26)39-29(31(35)37)21-23-15-16-27(38-2)25(32)20-23/h5-9,11-16,20-21H,3-4,10,17-19,22H2,1-2H3,(H,33,36)/b29-21+. The zero-order valence-electron chi connectivity index (χ0n) is 22.4. The van der Waals surface area contributed by atoms with Crippen molar-refractivity contribution in [3.63, 3.8) is 0 Å². The van der Waals surface area contributed by atoms with Crippen LogP contribution in [0.2, 0.25) is 0 Å². The lowest BCUT2D eigenvalue weighted by Crippen LogP contribution is -2.43. The topological polar surface area (TPSA) is 61.9 Å². The largest absolute Gasteiger partial charge is 0.496 e. The molecule has 0 atom stereocenters. The molecule has 0 unspecified atom stereocenters. The number of amides is 2. The molecule has 0 saturated carbocycles. The number of rotatable bonds is 12. The second-order valence-electron chi connectivity index (χ2n) is 9.24. The van der Waals surface area contributed by atoms with E-state index in [4.69, 9.17) is 4.74 Å². The van der Waals surface area contributed by atoms with E-state index >= 15 is 0 Å². The van der Waals surface area contributed by atoms with E-state index in [2.05, 4.69) is 57.3 Å². The van der Waals surface area contributed by atoms with Crippen LogP contribution < -0.4 is 19.9 Å². The van der Waals surface area contributed by atoms with Gasteiger partial charge in [0.1, 0.15) is 12.3 Å². The number of nitrogens with zero attached hydrogens (tertiary/aromatic N) is 2. The van der Waals surface area contributed by atoms with E-state index in [1.807, 2.05) is 54.6 Å². The lowest BCUT2D eigenvalue weighted by Gasteiger charge is -2.30. The smallest absolute Gasteiger partial charge is 0.265 e. The summed E-state index contributed by atoms with van der Waals surface area (Å²) >= 11 is 4.93. The van der Waals surface area contributed by atoms with E-state index in [0.29, 0.717) is 11.4 Å². The summed E-state index contributed by atoms with van der Waals surface area (Å²) < 4.78 is 6.13. The SMILES string of the molecule is CCCCN(CCCNC(=O)CN1C(=O)/C(=C\c2ccc(OC)c(Br)c2)Sc2ccccc21)c1ccccc1. The molecule has 0 radical (unpaired) electrons. The van der Waals surface area contributed by atoms with Crippen molar-refractivity contribution in [1.29, 1.82) is 0 Å². The highest BCUT2D eigenvalue weighted by Gasteiger charge is 2.30. The molecular formula is C31H34BrN3O3S. The maximum atomic E-state index is 13.5. The number of fused-ring (bicyclic) bond motifs is 1. The van der Waals surface area contributed by atoms with Gasteiger partial charge in [0, 0.05) is 30.2 Å². The van der Waals surface area contributed by atoms with E-state index < -0.39 is 0 Å². The van der Waals surface area contributed by atoms with Gasteiger partial charge < -0.3 is 15.0 Å². The second kappa shape index (κ2) is 14.2. The monoisotopic (exact) mass is 607 g/mol. The van der Waals surface area contributed by atoms with Gasteiger partial charge in [0.25, 0.3) is 5.91 Å². The third kappa shape index (κ3) is 7.67. The minimum atomic E-state index is -0.185. The van der Waals surface area contributed by atoms with Gasteiger partial charge in [-0.1, -0.05) is 61.5 Å². The van der Waals surface area contributed by atoms with Gasteiger partial charge >= 0.3 is 0 Å². The van der Waals surface area contributed by atoms with Crippen LogP contribution in [0.4, 0.5) is 11.4 Å². The number of methoxy groups -OCH3 is 1. The Bertz CT molecular complexity index is 1320. The predicted molar refractivity (Wildman–Crippen MR) is 165 cm³/mol. The quantitative estimate of drug-likeness (QED) is 0.182. The molecule has 3 aromatic carbocycles. The third-order valence-electron chi connectivity index (χ3n) is 6.44. The average Bonchev–Trinajstić information content (AvgIpc) is 2.95. The molecule has 0 aliphatic carbocycles. The third-order valence-corrected chi connectivity index (χ3v) is 8.13. The number of benzene rings is 3. The number of hydrogen-bond donors (Lipinski definition) is 1. The summed E-state index contributed by atoms with van der Waals surface area (Å²) in [5.41, 5.74) is 2.83. The van der Waals surface area contributed by atoms with Gasteiger partial charge in [0.15, 0.2) is 0 Å². The molecule has 0 saturated heterocycles. The number of ether oxygens (including phenoxy) is 1. The molecule has 39 heavy (non-hydrogen) atoms. The Kier molecular flexibility index (Phi) is 10.5. The molecule has 1 heterocycles. The predicted octanol–water partition coefficient (Wildman–Crippen LogP) is 6.75. The first-order valence-electron chi connectivity index (χ1n) is 13.2. The molecule has 0 spiro atoms. The Hall–Kier alpha value is -3.23. The van der Waals surface area contributed by atoms with Crippen molar-refractivity contribution in [3.8, 4) is 5.75 Å². The Morgan fingerprint density at radius 1 is 1.05 bits per heavy atom. The zero-order chi connectivity index (χ0) is 27.6. The van der Waals surface area contributed by atoms with Gasteiger partial charge in [-0.2, -0.15) is 0 Å². The number of para-hydroxylation sites is 2. The lowest BCUT2D eigenvalue weighted by molar-refractivity contribution is -0.122. The van der Waals surface area contributed by atoms with Crippen LogP contribution in [0.5, 0.6) is 5.75 Å². The maximum Gasteiger partial charge on any atom is 0.265 e. The van der Waals surface area contributed by atoms with Crippen molar-refractivity contribution < 1.29 is 14.3 Å². The Balaban J connectivity index is 1.40.